The third-order valence-corrected chi connectivity index (χ3v) is 3.76. The standard InChI is InChI=1S/C10H9F2I2NO2/c1-2-17-7(16)3-5-8(9(11)12)6(13)4-15-10(5)14/h4,9H,2-3H2,1H3. The van der Waals surface area contributed by atoms with Gasteiger partial charge in [-0.2, -0.15) is 0 Å². The fraction of sp³-hybridized carbons (Fsp3) is 0.400. The van der Waals surface area contributed by atoms with Gasteiger partial charge in [0.25, 0.3) is 6.43 Å². The zero-order valence-electron chi connectivity index (χ0n) is 8.84. The molecule has 3 nitrogen and oxygen atoms in total. The Morgan fingerprint density at radius 2 is 2.18 bits per heavy atom. The molecule has 0 atom stereocenters. The third kappa shape index (κ3) is 3.97. The van der Waals surface area contributed by atoms with Gasteiger partial charge in [-0.1, -0.05) is 0 Å². The normalized spacial score (nSPS) is 10.7. The first kappa shape index (κ1) is 15.0. The highest BCUT2D eigenvalue weighted by atomic mass is 127. The predicted molar refractivity (Wildman–Crippen MR) is 75.0 cm³/mol. The lowest BCUT2D eigenvalue weighted by Crippen LogP contribution is -2.12. The third-order valence-electron chi connectivity index (χ3n) is 1.97. The topological polar surface area (TPSA) is 39.2 Å². The molecule has 7 heteroatoms. The Labute approximate surface area is 125 Å². The molecule has 0 spiro atoms. The zero-order chi connectivity index (χ0) is 13.0. The lowest BCUT2D eigenvalue weighted by molar-refractivity contribution is -0.142. The number of carbonyl (C=O) groups is 1. The molecule has 0 saturated heterocycles. The van der Waals surface area contributed by atoms with E-state index in [0.29, 0.717) is 7.27 Å². The highest BCUT2D eigenvalue weighted by Gasteiger charge is 2.22. The molecule has 1 heterocycles. The Morgan fingerprint density at radius 3 is 2.71 bits per heavy atom. The van der Waals surface area contributed by atoms with E-state index in [1.165, 1.54) is 6.20 Å². The van der Waals surface area contributed by atoms with Crippen molar-refractivity contribution in [2.45, 2.75) is 19.8 Å². The van der Waals surface area contributed by atoms with Crippen LogP contribution in [0.1, 0.15) is 24.5 Å². The minimum atomic E-state index is -2.62. The van der Waals surface area contributed by atoms with E-state index in [2.05, 4.69) is 4.98 Å². The Morgan fingerprint density at radius 1 is 1.53 bits per heavy atom. The molecule has 0 bridgehead atoms. The van der Waals surface area contributed by atoms with Crippen LogP contribution in [0.15, 0.2) is 6.20 Å². The highest BCUT2D eigenvalue weighted by Crippen LogP contribution is 2.30. The summed E-state index contributed by atoms with van der Waals surface area (Å²) in [6.07, 6.45) is -1.42. The predicted octanol–water partition coefficient (Wildman–Crippen LogP) is 3.33. The summed E-state index contributed by atoms with van der Waals surface area (Å²) in [6, 6.07) is 0. The Kier molecular flexibility index (Phi) is 5.97. The van der Waals surface area contributed by atoms with Crippen LogP contribution in [0.25, 0.3) is 0 Å². The molecule has 0 unspecified atom stereocenters. The molecule has 0 amide bonds. The summed E-state index contributed by atoms with van der Waals surface area (Å²) in [5.74, 6) is -0.517. The number of hydrogen-bond acceptors (Lipinski definition) is 3. The first-order valence-electron chi connectivity index (χ1n) is 4.73. The van der Waals surface area contributed by atoms with E-state index in [1.54, 1.807) is 29.5 Å². The fourth-order valence-electron chi connectivity index (χ4n) is 1.28. The van der Waals surface area contributed by atoms with Gasteiger partial charge in [0.1, 0.15) is 3.70 Å². The van der Waals surface area contributed by atoms with Crippen LogP contribution < -0.4 is 0 Å². The molecule has 94 valence electrons. The number of ether oxygens (including phenoxy) is 1. The lowest BCUT2D eigenvalue weighted by atomic mass is 10.1. The Hall–Kier alpha value is -0.0600. The lowest BCUT2D eigenvalue weighted by Gasteiger charge is -2.11. The number of pyridine rings is 1. The maximum atomic E-state index is 12.9. The summed E-state index contributed by atoms with van der Waals surface area (Å²) >= 11 is 3.63. The van der Waals surface area contributed by atoms with E-state index in [4.69, 9.17) is 4.74 Å². The van der Waals surface area contributed by atoms with Crippen molar-refractivity contribution in [1.29, 1.82) is 0 Å². The van der Waals surface area contributed by atoms with Crippen molar-refractivity contribution in [2.24, 2.45) is 0 Å². The minimum Gasteiger partial charge on any atom is -0.466 e. The van der Waals surface area contributed by atoms with Gasteiger partial charge in [0.05, 0.1) is 13.0 Å². The quantitative estimate of drug-likeness (QED) is 0.388. The van der Waals surface area contributed by atoms with Crippen molar-refractivity contribution >= 4 is 51.2 Å². The maximum Gasteiger partial charge on any atom is 0.310 e. The molecule has 0 saturated carbocycles. The van der Waals surface area contributed by atoms with Crippen molar-refractivity contribution in [2.75, 3.05) is 6.61 Å². The SMILES string of the molecule is CCOC(=O)Cc1c(I)ncc(I)c1C(F)F. The first-order valence-corrected chi connectivity index (χ1v) is 6.89. The van der Waals surface area contributed by atoms with Crippen molar-refractivity contribution in [3.05, 3.63) is 24.6 Å². The number of hydrogen-bond donors (Lipinski definition) is 0. The number of aromatic nitrogens is 1. The summed E-state index contributed by atoms with van der Waals surface area (Å²) in [6.45, 7) is 1.90. The van der Waals surface area contributed by atoms with Crippen molar-refractivity contribution in [1.82, 2.24) is 4.98 Å². The molecular formula is C10H9F2I2NO2. The number of halogens is 4. The number of carbonyl (C=O) groups excluding carboxylic acids is 1. The molecule has 0 N–H and O–H groups in total. The summed E-state index contributed by atoms with van der Waals surface area (Å²) in [7, 11) is 0. The summed E-state index contributed by atoms with van der Waals surface area (Å²) < 4.78 is 31.4. The molecular weight excluding hydrogens is 458 g/mol. The molecule has 17 heavy (non-hydrogen) atoms. The largest absolute Gasteiger partial charge is 0.466 e. The second-order valence-corrected chi connectivity index (χ2v) is 5.26. The van der Waals surface area contributed by atoms with Crippen LogP contribution in [-0.2, 0) is 16.0 Å². The number of rotatable bonds is 4. The van der Waals surface area contributed by atoms with Crippen LogP contribution in [0.4, 0.5) is 8.78 Å². The van der Waals surface area contributed by atoms with Gasteiger partial charge in [0.15, 0.2) is 0 Å². The van der Waals surface area contributed by atoms with Gasteiger partial charge >= 0.3 is 5.97 Å². The van der Waals surface area contributed by atoms with Crippen LogP contribution in [0.5, 0.6) is 0 Å². The van der Waals surface area contributed by atoms with E-state index in [0.717, 1.165) is 0 Å². The Balaban J connectivity index is 3.12. The molecule has 0 aliphatic heterocycles. The van der Waals surface area contributed by atoms with Crippen LogP contribution in [0.2, 0.25) is 0 Å². The van der Waals surface area contributed by atoms with Gasteiger partial charge in [-0.25, -0.2) is 13.8 Å². The van der Waals surface area contributed by atoms with E-state index in [1.807, 2.05) is 22.6 Å². The number of esters is 1. The summed E-state index contributed by atoms with van der Waals surface area (Å²) in [5, 5.41) is 0. The van der Waals surface area contributed by atoms with Gasteiger partial charge in [-0.3, -0.25) is 4.79 Å². The summed E-state index contributed by atoms with van der Waals surface area (Å²) in [5.41, 5.74) is 0.129. The van der Waals surface area contributed by atoms with Crippen LogP contribution >= 0.6 is 45.2 Å². The van der Waals surface area contributed by atoms with E-state index < -0.39 is 12.4 Å². The molecule has 0 aromatic carbocycles. The monoisotopic (exact) mass is 467 g/mol. The molecule has 0 aliphatic carbocycles. The van der Waals surface area contributed by atoms with Gasteiger partial charge in [-0.15, -0.1) is 0 Å². The van der Waals surface area contributed by atoms with Crippen LogP contribution in [-0.4, -0.2) is 17.6 Å². The first-order chi connectivity index (χ1) is 7.97. The molecule has 1 aromatic rings. The molecule has 1 aromatic heterocycles. The second kappa shape index (κ2) is 6.76. The van der Waals surface area contributed by atoms with Gasteiger partial charge in [0.2, 0.25) is 0 Å². The maximum absolute atomic E-state index is 12.9. The van der Waals surface area contributed by atoms with Crippen molar-refractivity contribution < 1.29 is 18.3 Å². The average Bonchev–Trinajstić information content (AvgIpc) is 2.23. The van der Waals surface area contributed by atoms with Crippen LogP contribution in [0.3, 0.4) is 0 Å². The average molecular weight is 467 g/mol. The molecule has 1 rings (SSSR count). The Bertz CT molecular complexity index is 427. The minimum absolute atomic E-state index is 0.127. The second-order valence-electron chi connectivity index (χ2n) is 3.07. The van der Waals surface area contributed by atoms with Gasteiger partial charge in [-0.05, 0) is 52.1 Å². The molecule has 0 radical (unpaired) electrons. The molecule has 0 aliphatic rings. The van der Waals surface area contributed by atoms with E-state index >= 15 is 0 Å². The highest BCUT2D eigenvalue weighted by molar-refractivity contribution is 14.1. The fourth-order valence-corrected chi connectivity index (χ4v) is 2.60. The van der Waals surface area contributed by atoms with Crippen molar-refractivity contribution in [3.63, 3.8) is 0 Å². The van der Waals surface area contributed by atoms with Gasteiger partial charge < -0.3 is 4.74 Å². The van der Waals surface area contributed by atoms with E-state index in [-0.39, 0.29) is 24.2 Å². The smallest absolute Gasteiger partial charge is 0.310 e. The van der Waals surface area contributed by atoms with Gasteiger partial charge in [0, 0.05) is 20.9 Å². The zero-order valence-corrected chi connectivity index (χ0v) is 13.2. The van der Waals surface area contributed by atoms with E-state index in [9.17, 15) is 13.6 Å². The van der Waals surface area contributed by atoms with Crippen molar-refractivity contribution in [3.8, 4) is 0 Å². The molecule has 0 fully saturated rings. The number of nitrogens with zero attached hydrogens (tertiary/aromatic N) is 1. The van der Waals surface area contributed by atoms with Crippen LogP contribution in [0, 0.1) is 7.27 Å². The summed E-state index contributed by atoms with van der Waals surface area (Å²) in [4.78, 5) is 15.3. The number of alkyl halides is 2.